The highest BCUT2D eigenvalue weighted by Crippen LogP contribution is 2.60. The average Bonchev–Trinajstić information content (AvgIpc) is 3.12. The van der Waals surface area contributed by atoms with E-state index in [0.717, 1.165) is 17.6 Å². The maximum absolute atomic E-state index is 10.2. The van der Waals surface area contributed by atoms with Crippen LogP contribution in [-0.2, 0) is 4.74 Å². The first kappa shape index (κ1) is 26.2. The Morgan fingerprint density at radius 3 is 2.61 bits per heavy atom. The number of aliphatic hydroxyl groups excluding tert-OH is 2. The van der Waals surface area contributed by atoms with Crippen LogP contribution in [0.5, 0.6) is 0 Å². The highest BCUT2D eigenvalue weighted by molar-refractivity contribution is 5.38. The second-order valence-electron chi connectivity index (χ2n) is 11.5. The number of hydrogen-bond acceptors (Lipinski definition) is 3. The Kier molecular flexibility index (Phi) is 8.30. The van der Waals surface area contributed by atoms with Crippen LogP contribution in [0.4, 0.5) is 0 Å². The lowest BCUT2D eigenvalue weighted by molar-refractivity contribution is 0.0640. The van der Waals surface area contributed by atoms with Crippen molar-refractivity contribution in [1.82, 2.24) is 0 Å². The zero-order chi connectivity index (χ0) is 24.4. The van der Waals surface area contributed by atoms with Crippen LogP contribution < -0.4 is 0 Å². The molecule has 0 radical (unpaired) electrons. The number of methoxy groups -OCH3 is 1. The number of rotatable bonds is 7. The lowest BCUT2D eigenvalue weighted by Gasteiger charge is -2.45. The van der Waals surface area contributed by atoms with Crippen LogP contribution in [0.2, 0.25) is 0 Å². The summed E-state index contributed by atoms with van der Waals surface area (Å²) in [5, 5.41) is 20.3. The largest absolute Gasteiger partial charge is 0.393 e. The first-order valence-electron chi connectivity index (χ1n) is 12.8. The van der Waals surface area contributed by atoms with E-state index < -0.39 is 12.2 Å². The van der Waals surface area contributed by atoms with Gasteiger partial charge in [-0.15, -0.1) is 6.58 Å². The zero-order valence-corrected chi connectivity index (χ0v) is 21.5. The van der Waals surface area contributed by atoms with E-state index in [1.54, 1.807) is 12.7 Å². The lowest BCUT2D eigenvalue weighted by Crippen LogP contribution is -2.37. The van der Waals surface area contributed by atoms with Gasteiger partial charge in [-0.3, -0.25) is 0 Å². The predicted octanol–water partition coefficient (Wildman–Crippen LogP) is 6.55. The van der Waals surface area contributed by atoms with Crippen molar-refractivity contribution in [3.8, 4) is 0 Å². The molecule has 2 N–H and O–H groups in total. The molecule has 3 rings (SSSR count). The summed E-state index contributed by atoms with van der Waals surface area (Å²) >= 11 is 0. The summed E-state index contributed by atoms with van der Waals surface area (Å²) in [5.41, 5.74) is 3.35. The normalized spacial score (nSPS) is 37.5. The summed E-state index contributed by atoms with van der Waals surface area (Å²) in [7, 11) is 1.76. The highest BCUT2D eigenvalue weighted by atomic mass is 16.5. The number of hydrogen-bond donors (Lipinski definition) is 2. The van der Waals surface area contributed by atoms with Crippen molar-refractivity contribution < 1.29 is 14.9 Å². The van der Waals surface area contributed by atoms with Gasteiger partial charge in [0.2, 0.25) is 0 Å². The molecule has 3 saturated carbocycles. The number of aliphatic hydroxyl groups is 2. The van der Waals surface area contributed by atoms with Gasteiger partial charge in [-0.1, -0.05) is 56.4 Å². The molecule has 33 heavy (non-hydrogen) atoms. The SMILES string of the molecule is C=C[C@H](/C=C/C(C)(C)OC)[C@@H](C)[C@H]1CC[C@H]2/C(=C/C=C3/C[C@@H](O)C[C@H](O)C3=C)CCC[C@]12C. The van der Waals surface area contributed by atoms with Gasteiger partial charge in [0.05, 0.1) is 17.8 Å². The van der Waals surface area contributed by atoms with Crippen molar-refractivity contribution >= 4 is 0 Å². The molecule has 0 aliphatic heterocycles. The molecule has 0 amide bonds. The molecule has 0 aromatic heterocycles. The van der Waals surface area contributed by atoms with Crippen LogP contribution >= 0.6 is 0 Å². The molecule has 0 bridgehead atoms. The van der Waals surface area contributed by atoms with E-state index in [2.05, 4.69) is 71.2 Å². The highest BCUT2D eigenvalue weighted by Gasteiger charge is 2.51. The fraction of sp³-hybridized carbons (Fsp3) is 0.667. The average molecular weight is 455 g/mol. The maximum atomic E-state index is 10.2. The van der Waals surface area contributed by atoms with Crippen LogP contribution in [0.3, 0.4) is 0 Å². The van der Waals surface area contributed by atoms with Crippen LogP contribution in [0.15, 0.2) is 60.3 Å². The zero-order valence-electron chi connectivity index (χ0n) is 21.5. The first-order valence-corrected chi connectivity index (χ1v) is 12.8. The van der Waals surface area contributed by atoms with Gasteiger partial charge < -0.3 is 14.9 Å². The number of allylic oxidation sites excluding steroid dienone is 5. The second-order valence-corrected chi connectivity index (χ2v) is 11.5. The van der Waals surface area contributed by atoms with Crippen molar-refractivity contribution in [2.24, 2.45) is 29.1 Å². The summed E-state index contributed by atoms with van der Waals surface area (Å²) < 4.78 is 5.58. The van der Waals surface area contributed by atoms with Crippen LogP contribution in [0, 0.1) is 29.1 Å². The fourth-order valence-electron chi connectivity index (χ4n) is 6.76. The van der Waals surface area contributed by atoms with E-state index in [4.69, 9.17) is 4.74 Å². The molecule has 3 nitrogen and oxygen atoms in total. The molecule has 0 spiro atoms. The molecule has 3 fully saturated rings. The van der Waals surface area contributed by atoms with E-state index in [1.807, 2.05) is 0 Å². The molecule has 3 heteroatoms. The van der Waals surface area contributed by atoms with Crippen molar-refractivity contribution in [2.45, 2.75) is 90.4 Å². The molecule has 0 aromatic carbocycles. The molecular weight excluding hydrogens is 408 g/mol. The molecule has 3 aliphatic carbocycles. The van der Waals surface area contributed by atoms with E-state index in [9.17, 15) is 10.2 Å². The lowest BCUT2D eigenvalue weighted by atomic mass is 9.59. The Bertz CT molecular complexity index is 816. The third kappa shape index (κ3) is 5.63. The van der Waals surface area contributed by atoms with Gasteiger partial charge in [0, 0.05) is 13.5 Å². The van der Waals surface area contributed by atoms with Gasteiger partial charge >= 0.3 is 0 Å². The smallest absolute Gasteiger partial charge is 0.0811 e. The van der Waals surface area contributed by atoms with E-state index in [0.29, 0.717) is 41.9 Å². The van der Waals surface area contributed by atoms with Gasteiger partial charge in [0.15, 0.2) is 0 Å². The van der Waals surface area contributed by atoms with Gasteiger partial charge in [0.25, 0.3) is 0 Å². The van der Waals surface area contributed by atoms with Crippen LogP contribution in [-0.4, -0.2) is 35.1 Å². The minimum Gasteiger partial charge on any atom is -0.393 e. The summed E-state index contributed by atoms with van der Waals surface area (Å²) in [6, 6.07) is 0. The Morgan fingerprint density at radius 2 is 1.94 bits per heavy atom. The Morgan fingerprint density at radius 1 is 1.21 bits per heavy atom. The molecule has 184 valence electrons. The molecule has 0 aromatic rings. The summed E-state index contributed by atoms with van der Waals surface area (Å²) in [6.07, 6.45) is 17.1. The topological polar surface area (TPSA) is 49.7 Å². The number of fused-ring (bicyclic) bond motifs is 1. The van der Waals surface area contributed by atoms with E-state index in [1.165, 1.54) is 25.7 Å². The third-order valence-electron chi connectivity index (χ3n) is 9.06. The molecule has 3 aliphatic rings. The van der Waals surface area contributed by atoms with Crippen molar-refractivity contribution in [3.63, 3.8) is 0 Å². The quantitative estimate of drug-likeness (QED) is 0.429. The van der Waals surface area contributed by atoms with Crippen LogP contribution in [0.25, 0.3) is 0 Å². The number of ether oxygens (including phenoxy) is 1. The second kappa shape index (κ2) is 10.5. The van der Waals surface area contributed by atoms with Crippen LogP contribution in [0.1, 0.15) is 72.6 Å². The molecule has 0 heterocycles. The summed E-state index contributed by atoms with van der Waals surface area (Å²) in [6.45, 7) is 17.3. The van der Waals surface area contributed by atoms with Crippen molar-refractivity contribution in [1.29, 1.82) is 0 Å². The Labute approximate surface area is 202 Å². The van der Waals surface area contributed by atoms with Gasteiger partial charge in [-0.05, 0) is 92.6 Å². The molecule has 0 unspecified atom stereocenters. The van der Waals surface area contributed by atoms with Crippen molar-refractivity contribution in [3.05, 3.63) is 60.3 Å². The molecule has 7 atom stereocenters. The minimum absolute atomic E-state index is 0.262. The minimum atomic E-state index is -0.626. The molecular formula is C30H46O3. The van der Waals surface area contributed by atoms with Gasteiger partial charge in [-0.2, -0.15) is 0 Å². The fourth-order valence-corrected chi connectivity index (χ4v) is 6.76. The standard InChI is InChI=1S/C30H46O3/c1-8-22(15-17-29(4,5)33-7)20(2)26-13-14-27-23(10-9-16-30(26,27)6)11-12-24-18-25(31)19-28(32)21(24)3/h8,11-12,15,17,20,22,25-28,31-32H,1,3,9-10,13-14,16,18-19H2,2,4-7H3/b17-15+,23-11+,24-12-/t20-,22-,25-,26-,27+,28+,30-/m1/s1. The monoisotopic (exact) mass is 454 g/mol. The molecule has 0 saturated heterocycles. The summed E-state index contributed by atoms with van der Waals surface area (Å²) in [5.74, 6) is 2.13. The Balaban J connectivity index is 1.80. The first-order chi connectivity index (χ1) is 15.5. The van der Waals surface area contributed by atoms with Gasteiger partial charge in [-0.25, -0.2) is 0 Å². The third-order valence-corrected chi connectivity index (χ3v) is 9.06. The van der Waals surface area contributed by atoms with E-state index >= 15 is 0 Å². The maximum Gasteiger partial charge on any atom is 0.0811 e. The van der Waals surface area contributed by atoms with Gasteiger partial charge in [0.1, 0.15) is 0 Å². The van der Waals surface area contributed by atoms with E-state index in [-0.39, 0.29) is 5.60 Å². The van der Waals surface area contributed by atoms with Crippen molar-refractivity contribution in [2.75, 3.05) is 7.11 Å². The predicted molar refractivity (Wildman–Crippen MR) is 138 cm³/mol. The summed E-state index contributed by atoms with van der Waals surface area (Å²) in [4.78, 5) is 0. The Hall–Kier alpha value is -1.42.